The molecule has 1 aliphatic rings. The SMILES string of the molecule is CNC(=O)CC(=O)N1CCC[C@H]1NC(C)=O. The molecule has 0 saturated carbocycles. The standard InChI is InChI=1S/C10H17N3O3/c1-7(14)12-8-4-3-5-13(8)10(16)6-9(15)11-2/h8H,3-6H2,1-2H3,(H,11,15)(H,12,14)/t8-/m0/s1. The Bertz CT molecular complexity index is 304. The van der Waals surface area contributed by atoms with Crippen molar-refractivity contribution in [2.24, 2.45) is 0 Å². The fourth-order valence-corrected chi connectivity index (χ4v) is 1.78. The third kappa shape index (κ3) is 3.22. The summed E-state index contributed by atoms with van der Waals surface area (Å²) in [6.07, 6.45) is 1.19. The molecule has 2 N–H and O–H groups in total. The van der Waals surface area contributed by atoms with E-state index in [9.17, 15) is 14.4 Å². The highest BCUT2D eigenvalue weighted by Gasteiger charge is 2.29. The van der Waals surface area contributed by atoms with E-state index in [4.69, 9.17) is 0 Å². The lowest BCUT2D eigenvalue weighted by molar-refractivity contribution is -0.137. The molecule has 0 aromatic rings. The highest BCUT2D eigenvalue weighted by Crippen LogP contribution is 2.15. The predicted octanol–water partition coefficient (Wildman–Crippen LogP) is -0.793. The quantitative estimate of drug-likeness (QED) is 0.620. The van der Waals surface area contributed by atoms with Crippen LogP contribution in [0.5, 0.6) is 0 Å². The van der Waals surface area contributed by atoms with E-state index in [-0.39, 0.29) is 30.3 Å². The lowest BCUT2D eigenvalue weighted by atomic mass is 10.3. The molecule has 90 valence electrons. The van der Waals surface area contributed by atoms with Gasteiger partial charge in [-0.25, -0.2) is 0 Å². The summed E-state index contributed by atoms with van der Waals surface area (Å²) in [5, 5.41) is 5.10. The predicted molar refractivity (Wildman–Crippen MR) is 57.2 cm³/mol. The van der Waals surface area contributed by atoms with E-state index in [1.807, 2.05) is 0 Å². The van der Waals surface area contributed by atoms with Gasteiger partial charge in [-0.3, -0.25) is 14.4 Å². The second-order valence-electron chi connectivity index (χ2n) is 3.80. The number of hydrogen-bond acceptors (Lipinski definition) is 3. The topological polar surface area (TPSA) is 78.5 Å². The molecule has 0 spiro atoms. The molecule has 0 aromatic carbocycles. The summed E-state index contributed by atoms with van der Waals surface area (Å²) in [4.78, 5) is 35.3. The lowest BCUT2D eigenvalue weighted by Crippen LogP contribution is -2.47. The summed E-state index contributed by atoms with van der Waals surface area (Å²) in [5.74, 6) is -0.710. The summed E-state index contributed by atoms with van der Waals surface area (Å²) < 4.78 is 0. The number of nitrogens with zero attached hydrogens (tertiary/aromatic N) is 1. The van der Waals surface area contributed by atoms with E-state index >= 15 is 0 Å². The first-order valence-electron chi connectivity index (χ1n) is 5.31. The number of likely N-dealkylation sites (tertiary alicyclic amines) is 1. The van der Waals surface area contributed by atoms with Gasteiger partial charge in [0.2, 0.25) is 17.7 Å². The van der Waals surface area contributed by atoms with Crippen LogP contribution in [0.25, 0.3) is 0 Å². The first-order valence-corrected chi connectivity index (χ1v) is 5.31. The maximum absolute atomic E-state index is 11.7. The van der Waals surface area contributed by atoms with Gasteiger partial charge in [0.1, 0.15) is 12.6 Å². The molecule has 1 heterocycles. The van der Waals surface area contributed by atoms with Crippen molar-refractivity contribution in [2.75, 3.05) is 13.6 Å². The van der Waals surface area contributed by atoms with Crippen molar-refractivity contribution in [2.45, 2.75) is 32.4 Å². The zero-order chi connectivity index (χ0) is 12.1. The second kappa shape index (κ2) is 5.48. The van der Waals surface area contributed by atoms with Crippen LogP contribution in [0.4, 0.5) is 0 Å². The van der Waals surface area contributed by atoms with Crippen molar-refractivity contribution in [3.63, 3.8) is 0 Å². The number of rotatable bonds is 3. The van der Waals surface area contributed by atoms with Crippen LogP contribution in [-0.2, 0) is 14.4 Å². The Morgan fingerprint density at radius 1 is 1.38 bits per heavy atom. The number of hydrogen-bond donors (Lipinski definition) is 2. The second-order valence-corrected chi connectivity index (χ2v) is 3.80. The van der Waals surface area contributed by atoms with Crippen LogP contribution in [0, 0.1) is 0 Å². The van der Waals surface area contributed by atoms with Gasteiger partial charge in [0.05, 0.1) is 0 Å². The molecule has 6 heteroatoms. The van der Waals surface area contributed by atoms with Crippen LogP contribution < -0.4 is 10.6 Å². The van der Waals surface area contributed by atoms with Gasteiger partial charge in [0, 0.05) is 20.5 Å². The Labute approximate surface area is 94.4 Å². The minimum Gasteiger partial charge on any atom is -0.359 e. The van der Waals surface area contributed by atoms with Crippen LogP contribution in [0.1, 0.15) is 26.2 Å². The van der Waals surface area contributed by atoms with Gasteiger partial charge in [-0.2, -0.15) is 0 Å². The summed E-state index contributed by atoms with van der Waals surface area (Å²) >= 11 is 0. The fraction of sp³-hybridized carbons (Fsp3) is 0.700. The molecule has 1 atom stereocenters. The molecule has 1 fully saturated rings. The third-order valence-electron chi connectivity index (χ3n) is 2.53. The zero-order valence-corrected chi connectivity index (χ0v) is 9.58. The third-order valence-corrected chi connectivity index (χ3v) is 2.53. The monoisotopic (exact) mass is 227 g/mol. The Kier molecular flexibility index (Phi) is 4.28. The first-order chi connectivity index (χ1) is 7.54. The number of carbonyl (C=O) groups is 3. The number of carbonyl (C=O) groups excluding carboxylic acids is 3. The highest BCUT2D eigenvalue weighted by atomic mass is 16.2. The van der Waals surface area contributed by atoms with E-state index in [2.05, 4.69) is 10.6 Å². The van der Waals surface area contributed by atoms with Gasteiger partial charge in [-0.1, -0.05) is 0 Å². The number of amides is 3. The average Bonchev–Trinajstić information content (AvgIpc) is 2.64. The lowest BCUT2D eigenvalue weighted by Gasteiger charge is -2.24. The number of nitrogens with one attached hydrogen (secondary N) is 2. The summed E-state index contributed by atoms with van der Waals surface area (Å²) in [6.45, 7) is 2.01. The van der Waals surface area contributed by atoms with E-state index in [1.54, 1.807) is 4.90 Å². The summed E-state index contributed by atoms with van der Waals surface area (Å²) in [7, 11) is 1.49. The molecule has 16 heavy (non-hydrogen) atoms. The zero-order valence-electron chi connectivity index (χ0n) is 9.58. The van der Waals surface area contributed by atoms with Crippen molar-refractivity contribution in [3.05, 3.63) is 0 Å². The van der Waals surface area contributed by atoms with Crippen LogP contribution in [0.3, 0.4) is 0 Å². The summed E-state index contributed by atoms with van der Waals surface area (Å²) in [6, 6.07) is 0. The van der Waals surface area contributed by atoms with Gasteiger partial charge in [0.25, 0.3) is 0 Å². The van der Waals surface area contributed by atoms with Gasteiger partial charge >= 0.3 is 0 Å². The van der Waals surface area contributed by atoms with E-state index in [0.29, 0.717) is 6.54 Å². The van der Waals surface area contributed by atoms with Crippen LogP contribution in [0.2, 0.25) is 0 Å². The molecule has 0 aliphatic carbocycles. The van der Waals surface area contributed by atoms with Crippen LogP contribution in [-0.4, -0.2) is 42.4 Å². The Balaban J connectivity index is 2.53. The van der Waals surface area contributed by atoms with Gasteiger partial charge in [-0.15, -0.1) is 0 Å². The maximum Gasteiger partial charge on any atom is 0.233 e. The average molecular weight is 227 g/mol. The normalized spacial score (nSPS) is 19.4. The fourth-order valence-electron chi connectivity index (χ4n) is 1.78. The minimum absolute atomic E-state index is 0.160. The molecule has 3 amide bonds. The molecular formula is C10H17N3O3. The highest BCUT2D eigenvalue weighted by molar-refractivity contribution is 5.97. The van der Waals surface area contributed by atoms with Crippen molar-refractivity contribution < 1.29 is 14.4 Å². The summed E-state index contributed by atoms with van der Waals surface area (Å²) in [5.41, 5.74) is 0. The van der Waals surface area contributed by atoms with E-state index in [1.165, 1.54) is 14.0 Å². The van der Waals surface area contributed by atoms with Crippen molar-refractivity contribution in [3.8, 4) is 0 Å². The molecule has 0 bridgehead atoms. The largest absolute Gasteiger partial charge is 0.359 e. The van der Waals surface area contributed by atoms with Crippen molar-refractivity contribution >= 4 is 17.7 Å². The van der Waals surface area contributed by atoms with Gasteiger partial charge in [-0.05, 0) is 12.8 Å². The maximum atomic E-state index is 11.7. The Morgan fingerprint density at radius 3 is 2.62 bits per heavy atom. The molecule has 6 nitrogen and oxygen atoms in total. The Hall–Kier alpha value is -1.59. The molecule has 0 aromatic heterocycles. The van der Waals surface area contributed by atoms with Crippen LogP contribution >= 0.6 is 0 Å². The van der Waals surface area contributed by atoms with E-state index in [0.717, 1.165) is 12.8 Å². The molecule has 1 aliphatic heterocycles. The van der Waals surface area contributed by atoms with Crippen LogP contribution in [0.15, 0.2) is 0 Å². The Morgan fingerprint density at radius 2 is 2.06 bits per heavy atom. The molecule has 0 radical (unpaired) electrons. The minimum atomic E-state index is -0.307. The van der Waals surface area contributed by atoms with Crippen molar-refractivity contribution in [1.29, 1.82) is 0 Å². The first kappa shape index (κ1) is 12.5. The molecule has 1 saturated heterocycles. The van der Waals surface area contributed by atoms with E-state index < -0.39 is 0 Å². The molecule has 1 rings (SSSR count). The molecular weight excluding hydrogens is 210 g/mol. The van der Waals surface area contributed by atoms with Crippen molar-refractivity contribution in [1.82, 2.24) is 15.5 Å². The van der Waals surface area contributed by atoms with Gasteiger partial charge in [0.15, 0.2) is 0 Å². The van der Waals surface area contributed by atoms with Gasteiger partial charge < -0.3 is 15.5 Å². The smallest absolute Gasteiger partial charge is 0.233 e. The molecule has 0 unspecified atom stereocenters.